The Morgan fingerprint density at radius 1 is 1.17 bits per heavy atom. The molecule has 0 aliphatic rings. The number of phenolic OH excluding ortho intramolecular Hbond substituents is 1. The second kappa shape index (κ2) is 6.12. The van der Waals surface area contributed by atoms with E-state index in [0.29, 0.717) is 11.4 Å². The number of phenols is 1. The van der Waals surface area contributed by atoms with Gasteiger partial charge in [0.15, 0.2) is 0 Å². The van der Waals surface area contributed by atoms with E-state index in [4.69, 9.17) is 0 Å². The third kappa shape index (κ3) is 3.40. The summed E-state index contributed by atoms with van der Waals surface area (Å²) in [5, 5.41) is 13.9. The number of nitrogens with zero attached hydrogens (tertiary/aromatic N) is 3. The normalized spacial score (nSPS) is 12.6. The van der Waals surface area contributed by atoms with Gasteiger partial charge in [0.2, 0.25) is 0 Å². The molecule has 24 heavy (non-hydrogen) atoms. The van der Waals surface area contributed by atoms with Crippen LogP contribution in [0.15, 0.2) is 35.4 Å². The van der Waals surface area contributed by atoms with Crippen LogP contribution in [0.4, 0.5) is 5.69 Å². The summed E-state index contributed by atoms with van der Waals surface area (Å²) in [4.78, 5) is 0.208. The fourth-order valence-electron chi connectivity index (χ4n) is 2.30. The molecule has 0 atom stereocenters. The topological polar surface area (TPSA) is 75.4 Å². The maximum absolute atomic E-state index is 13.1. The number of hydrogen-bond acceptors (Lipinski definition) is 4. The molecule has 1 N–H and O–H groups in total. The number of aromatic nitrogens is 2. The first kappa shape index (κ1) is 18.3. The minimum Gasteiger partial charge on any atom is -0.508 e. The van der Waals surface area contributed by atoms with Crippen molar-refractivity contribution in [3.8, 4) is 5.75 Å². The van der Waals surface area contributed by atoms with E-state index >= 15 is 0 Å². The Hall–Kier alpha value is -2.02. The molecular weight excluding hydrogens is 326 g/mol. The van der Waals surface area contributed by atoms with Gasteiger partial charge in [0.25, 0.3) is 10.0 Å². The highest BCUT2D eigenvalue weighted by Crippen LogP contribution is 2.32. The quantitative estimate of drug-likeness (QED) is 0.917. The third-order valence-corrected chi connectivity index (χ3v) is 5.58. The van der Waals surface area contributed by atoms with Gasteiger partial charge >= 0.3 is 0 Å². The lowest BCUT2D eigenvalue weighted by Gasteiger charge is -2.22. The standard InChI is InChI=1S/C17H25N3O3S/c1-12(2)20-11-15(16(18-20)17(3,4)5)24(22,23)19(6)13-7-9-14(21)10-8-13/h7-12,21H,1-6H3. The van der Waals surface area contributed by atoms with Crippen LogP contribution in [0.2, 0.25) is 0 Å². The Labute approximate surface area is 143 Å². The number of benzene rings is 1. The lowest BCUT2D eigenvalue weighted by atomic mass is 9.92. The fraction of sp³-hybridized carbons (Fsp3) is 0.471. The van der Waals surface area contributed by atoms with E-state index in [2.05, 4.69) is 5.10 Å². The van der Waals surface area contributed by atoms with Gasteiger partial charge in [-0.15, -0.1) is 0 Å². The van der Waals surface area contributed by atoms with Gasteiger partial charge in [-0.25, -0.2) is 8.42 Å². The summed E-state index contributed by atoms with van der Waals surface area (Å²) >= 11 is 0. The van der Waals surface area contributed by atoms with Gasteiger partial charge in [-0.3, -0.25) is 8.99 Å². The highest BCUT2D eigenvalue weighted by molar-refractivity contribution is 7.92. The molecule has 0 saturated carbocycles. The summed E-state index contributed by atoms with van der Waals surface area (Å²) < 4.78 is 29.2. The molecule has 1 heterocycles. The van der Waals surface area contributed by atoms with Crippen molar-refractivity contribution in [1.29, 1.82) is 0 Å². The van der Waals surface area contributed by atoms with Crippen LogP contribution < -0.4 is 4.31 Å². The summed E-state index contributed by atoms with van der Waals surface area (Å²) in [5.74, 6) is 0.0903. The average molecular weight is 351 g/mol. The average Bonchev–Trinajstić information content (AvgIpc) is 2.93. The van der Waals surface area contributed by atoms with E-state index in [1.165, 1.54) is 23.5 Å². The summed E-state index contributed by atoms with van der Waals surface area (Å²) in [6.07, 6.45) is 1.59. The van der Waals surface area contributed by atoms with E-state index in [1.807, 2.05) is 34.6 Å². The molecule has 0 radical (unpaired) electrons. The van der Waals surface area contributed by atoms with Gasteiger partial charge in [0, 0.05) is 24.7 Å². The maximum Gasteiger partial charge on any atom is 0.267 e. The first-order valence-corrected chi connectivity index (χ1v) is 9.26. The van der Waals surface area contributed by atoms with Crippen LogP contribution in [0.5, 0.6) is 5.75 Å². The predicted molar refractivity (Wildman–Crippen MR) is 95.0 cm³/mol. The van der Waals surface area contributed by atoms with Gasteiger partial charge < -0.3 is 5.11 Å². The molecule has 1 aromatic carbocycles. The molecular formula is C17H25N3O3S. The van der Waals surface area contributed by atoms with Crippen LogP contribution in [0.1, 0.15) is 46.4 Å². The minimum absolute atomic E-state index is 0.0639. The van der Waals surface area contributed by atoms with Crippen molar-refractivity contribution in [2.75, 3.05) is 11.4 Å². The second-order valence-corrected chi connectivity index (χ2v) is 9.09. The maximum atomic E-state index is 13.1. The van der Waals surface area contributed by atoms with Crippen molar-refractivity contribution in [1.82, 2.24) is 9.78 Å². The second-order valence-electron chi connectivity index (χ2n) is 7.15. The Kier molecular flexibility index (Phi) is 4.68. The van der Waals surface area contributed by atoms with E-state index in [0.717, 1.165) is 0 Å². The Morgan fingerprint density at radius 2 is 1.71 bits per heavy atom. The monoisotopic (exact) mass is 351 g/mol. The summed E-state index contributed by atoms with van der Waals surface area (Å²) in [5.41, 5.74) is 0.616. The zero-order chi connectivity index (χ0) is 18.3. The molecule has 0 aliphatic heterocycles. The number of aromatic hydroxyl groups is 1. The summed E-state index contributed by atoms with van der Waals surface area (Å²) in [6.45, 7) is 9.75. The molecule has 0 spiro atoms. The molecule has 0 fully saturated rings. The predicted octanol–water partition coefficient (Wildman–Crippen LogP) is 3.29. The van der Waals surface area contributed by atoms with Gasteiger partial charge in [-0.2, -0.15) is 5.10 Å². The van der Waals surface area contributed by atoms with E-state index in [-0.39, 0.29) is 16.7 Å². The Morgan fingerprint density at radius 3 is 2.17 bits per heavy atom. The van der Waals surface area contributed by atoms with E-state index in [9.17, 15) is 13.5 Å². The van der Waals surface area contributed by atoms with Crippen molar-refractivity contribution in [2.45, 2.75) is 51.0 Å². The Balaban J connectivity index is 2.58. The molecule has 0 unspecified atom stereocenters. The third-order valence-electron chi connectivity index (χ3n) is 3.79. The highest BCUT2D eigenvalue weighted by Gasteiger charge is 2.33. The number of sulfonamides is 1. The lowest BCUT2D eigenvalue weighted by molar-refractivity contribution is 0.475. The summed E-state index contributed by atoms with van der Waals surface area (Å²) in [7, 11) is -2.26. The molecule has 2 rings (SSSR count). The smallest absolute Gasteiger partial charge is 0.267 e. The van der Waals surface area contributed by atoms with Gasteiger partial charge in [0.1, 0.15) is 10.6 Å². The number of anilines is 1. The molecule has 132 valence electrons. The van der Waals surface area contributed by atoms with Crippen molar-refractivity contribution in [3.05, 3.63) is 36.2 Å². The van der Waals surface area contributed by atoms with Crippen LogP contribution in [0.25, 0.3) is 0 Å². The summed E-state index contributed by atoms with van der Waals surface area (Å²) in [6, 6.07) is 6.12. The molecule has 0 aliphatic carbocycles. The van der Waals surface area contributed by atoms with Crippen molar-refractivity contribution < 1.29 is 13.5 Å². The molecule has 7 heteroatoms. The van der Waals surface area contributed by atoms with Crippen LogP contribution >= 0.6 is 0 Å². The van der Waals surface area contributed by atoms with Crippen LogP contribution in [-0.2, 0) is 15.4 Å². The van der Waals surface area contributed by atoms with Crippen LogP contribution in [-0.4, -0.2) is 30.4 Å². The molecule has 0 amide bonds. The van der Waals surface area contributed by atoms with Gasteiger partial charge in [0.05, 0.1) is 11.4 Å². The molecule has 6 nitrogen and oxygen atoms in total. The fourth-order valence-corrected chi connectivity index (χ4v) is 3.82. The van der Waals surface area contributed by atoms with Gasteiger partial charge in [-0.1, -0.05) is 20.8 Å². The SMILES string of the molecule is CC(C)n1cc(S(=O)(=O)N(C)c2ccc(O)cc2)c(C(C)(C)C)n1. The Bertz CT molecular complexity index is 816. The number of rotatable bonds is 4. The highest BCUT2D eigenvalue weighted by atomic mass is 32.2. The van der Waals surface area contributed by atoms with Crippen molar-refractivity contribution >= 4 is 15.7 Å². The molecule has 0 saturated heterocycles. The number of hydrogen-bond donors (Lipinski definition) is 1. The van der Waals surface area contributed by atoms with Crippen molar-refractivity contribution in [2.24, 2.45) is 0 Å². The van der Waals surface area contributed by atoms with Crippen LogP contribution in [0, 0.1) is 0 Å². The largest absolute Gasteiger partial charge is 0.508 e. The van der Waals surface area contributed by atoms with Gasteiger partial charge in [-0.05, 0) is 38.1 Å². The lowest BCUT2D eigenvalue weighted by Crippen LogP contribution is -2.28. The zero-order valence-electron chi connectivity index (χ0n) is 15.0. The minimum atomic E-state index is -3.76. The van der Waals surface area contributed by atoms with E-state index in [1.54, 1.807) is 23.0 Å². The first-order chi connectivity index (χ1) is 10.9. The zero-order valence-corrected chi connectivity index (χ0v) is 15.8. The van der Waals surface area contributed by atoms with Crippen molar-refractivity contribution in [3.63, 3.8) is 0 Å². The van der Waals surface area contributed by atoms with Crippen LogP contribution in [0.3, 0.4) is 0 Å². The molecule has 1 aromatic heterocycles. The van der Waals surface area contributed by atoms with E-state index < -0.39 is 15.4 Å². The first-order valence-electron chi connectivity index (χ1n) is 7.82. The molecule has 0 bridgehead atoms. The molecule has 2 aromatic rings.